The Morgan fingerprint density at radius 1 is 1.44 bits per heavy atom. The second-order valence-electron chi connectivity index (χ2n) is 4.22. The quantitative estimate of drug-likeness (QED) is 0.683. The summed E-state index contributed by atoms with van der Waals surface area (Å²) in [5, 5.41) is 6.17. The van der Waals surface area contributed by atoms with Crippen molar-refractivity contribution in [1.29, 1.82) is 0 Å². The predicted octanol–water partition coefficient (Wildman–Crippen LogP) is 2.19. The van der Waals surface area contributed by atoms with Gasteiger partial charge in [0.1, 0.15) is 0 Å². The molecule has 1 aliphatic rings. The van der Waals surface area contributed by atoms with Crippen LogP contribution in [0.3, 0.4) is 0 Å². The number of hydrogen-bond donors (Lipinski definition) is 3. The van der Waals surface area contributed by atoms with Gasteiger partial charge in [-0.1, -0.05) is 6.07 Å². The third kappa shape index (κ3) is 2.27. The third-order valence-electron chi connectivity index (χ3n) is 2.86. The summed E-state index contributed by atoms with van der Waals surface area (Å²) >= 11 is 0. The van der Waals surface area contributed by atoms with Gasteiger partial charge in [-0.05, 0) is 31.4 Å². The van der Waals surface area contributed by atoms with Crippen LogP contribution >= 0.6 is 0 Å². The predicted molar refractivity (Wildman–Crippen MR) is 66.4 cm³/mol. The number of carbonyl (C=O) groups is 1. The van der Waals surface area contributed by atoms with Gasteiger partial charge in [-0.3, -0.25) is 4.79 Å². The van der Waals surface area contributed by atoms with E-state index in [9.17, 15) is 4.79 Å². The van der Waals surface area contributed by atoms with Crippen molar-refractivity contribution in [3.63, 3.8) is 0 Å². The number of amides is 1. The number of carbonyl (C=O) groups excluding carboxylic acids is 1. The van der Waals surface area contributed by atoms with E-state index in [-0.39, 0.29) is 5.91 Å². The van der Waals surface area contributed by atoms with Gasteiger partial charge in [-0.15, -0.1) is 0 Å². The molecule has 2 rings (SSSR count). The van der Waals surface area contributed by atoms with Gasteiger partial charge in [0.25, 0.3) is 0 Å². The summed E-state index contributed by atoms with van der Waals surface area (Å²) in [5.41, 5.74) is 8.20. The van der Waals surface area contributed by atoms with E-state index in [1.807, 2.05) is 18.2 Å². The maximum atomic E-state index is 11.1. The highest BCUT2D eigenvalue weighted by Gasteiger charge is 2.19. The number of rotatable bonds is 3. The third-order valence-corrected chi connectivity index (χ3v) is 2.86. The number of nitrogens with two attached hydrogens (primary N) is 1. The molecule has 0 unspecified atom stereocenters. The van der Waals surface area contributed by atoms with Crippen molar-refractivity contribution >= 4 is 23.0 Å². The van der Waals surface area contributed by atoms with Crippen molar-refractivity contribution in [2.75, 3.05) is 16.4 Å². The van der Waals surface area contributed by atoms with Crippen LogP contribution in [0.15, 0.2) is 18.2 Å². The minimum atomic E-state index is -0.0812. The molecule has 86 valence electrons. The van der Waals surface area contributed by atoms with E-state index >= 15 is 0 Å². The average Bonchev–Trinajstić information content (AvgIpc) is 2.13. The molecule has 0 aliphatic heterocycles. The van der Waals surface area contributed by atoms with Crippen LogP contribution in [0.5, 0.6) is 0 Å². The molecule has 0 atom stereocenters. The first-order valence-electron chi connectivity index (χ1n) is 5.59. The first-order valence-corrected chi connectivity index (χ1v) is 5.59. The zero-order valence-electron chi connectivity index (χ0n) is 9.42. The fourth-order valence-electron chi connectivity index (χ4n) is 1.78. The van der Waals surface area contributed by atoms with Crippen LogP contribution in [0.2, 0.25) is 0 Å². The molecule has 4 nitrogen and oxygen atoms in total. The lowest BCUT2D eigenvalue weighted by atomic mass is 9.93. The molecular formula is C12H17N3O. The number of nitrogens with one attached hydrogen (secondary N) is 2. The van der Waals surface area contributed by atoms with Crippen molar-refractivity contribution in [3.05, 3.63) is 18.2 Å². The summed E-state index contributed by atoms with van der Waals surface area (Å²) in [6.07, 6.45) is 3.61. The highest BCUT2D eigenvalue weighted by atomic mass is 16.1. The van der Waals surface area contributed by atoms with Gasteiger partial charge in [0.05, 0.1) is 17.1 Å². The topological polar surface area (TPSA) is 67.2 Å². The maximum Gasteiger partial charge on any atom is 0.221 e. The second kappa shape index (κ2) is 4.43. The molecule has 0 bridgehead atoms. The number of nitrogen functional groups attached to an aromatic ring is 1. The molecule has 1 aliphatic carbocycles. The first kappa shape index (κ1) is 10.8. The van der Waals surface area contributed by atoms with Gasteiger partial charge >= 0.3 is 0 Å². The van der Waals surface area contributed by atoms with Crippen LogP contribution < -0.4 is 16.4 Å². The van der Waals surface area contributed by atoms with Crippen LogP contribution in [0.25, 0.3) is 0 Å². The minimum Gasteiger partial charge on any atom is -0.397 e. The summed E-state index contributed by atoms with van der Waals surface area (Å²) in [7, 11) is 0. The van der Waals surface area contributed by atoms with Crippen LogP contribution in [0.4, 0.5) is 17.1 Å². The fourth-order valence-corrected chi connectivity index (χ4v) is 1.78. The number of para-hydroxylation sites is 1. The molecule has 1 aromatic carbocycles. The zero-order valence-corrected chi connectivity index (χ0v) is 9.42. The molecule has 0 radical (unpaired) electrons. The summed E-state index contributed by atoms with van der Waals surface area (Å²) in [6.45, 7) is 1.50. The molecule has 0 spiro atoms. The normalized spacial score (nSPS) is 15.3. The molecule has 16 heavy (non-hydrogen) atoms. The fraction of sp³-hybridized carbons (Fsp3) is 0.417. The Kier molecular flexibility index (Phi) is 2.99. The van der Waals surface area contributed by atoms with Crippen LogP contribution in [0, 0.1) is 0 Å². The van der Waals surface area contributed by atoms with Crippen molar-refractivity contribution in [2.24, 2.45) is 0 Å². The Morgan fingerprint density at radius 2 is 2.19 bits per heavy atom. The second-order valence-corrected chi connectivity index (χ2v) is 4.22. The molecular weight excluding hydrogens is 202 g/mol. The Bertz CT molecular complexity index is 399. The molecule has 1 fully saturated rings. The van der Waals surface area contributed by atoms with Crippen molar-refractivity contribution in [3.8, 4) is 0 Å². The molecule has 4 N–H and O–H groups in total. The largest absolute Gasteiger partial charge is 0.397 e. The highest BCUT2D eigenvalue weighted by Crippen LogP contribution is 2.32. The Morgan fingerprint density at radius 3 is 2.75 bits per heavy atom. The summed E-state index contributed by atoms with van der Waals surface area (Å²) < 4.78 is 0. The highest BCUT2D eigenvalue weighted by molar-refractivity contribution is 5.95. The van der Waals surface area contributed by atoms with E-state index in [1.54, 1.807) is 0 Å². The van der Waals surface area contributed by atoms with Crippen molar-refractivity contribution in [2.45, 2.75) is 32.2 Å². The summed E-state index contributed by atoms with van der Waals surface area (Å²) in [5.74, 6) is -0.0812. The van der Waals surface area contributed by atoms with E-state index < -0.39 is 0 Å². The molecule has 4 heteroatoms. The molecule has 1 amide bonds. The van der Waals surface area contributed by atoms with E-state index in [0.29, 0.717) is 11.7 Å². The maximum absolute atomic E-state index is 11.1. The molecule has 1 aromatic rings. The van der Waals surface area contributed by atoms with Crippen molar-refractivity contribution < 1.29 is 4.79 Å². The molecule has 0 saturated heterocycles. The Hall–Kier alpha value is -1.71. The number of hydrogen-bond acceptors (Lipinski definition) is 3. The first-order chi connectivity index (χ1) is 7.66. The van der Waals surface area contributed by atoms with E-state index in [0.717, 1.165) is 11.4 Å². The lowest BCUT2D eigenvalue weighted by Gasteiger charge is -2.29. The smallest absolute Gasteiger partial charge is 0.221 e. The minimum absolute atomic E-state index is 0.0812. The molecule has 0 heterocycles. The van der Waals surface area contributed by atoms with Gasteiger partial charge in [-0.25, -0.2) is 0 Å². The monoisotopic (exact) mass is 219 g/mol. The molecule has 1 saturated carbocycles. The Balaban J connectivity index is 2.20. The van der Waals surface area contributed by atoms with Crippen LogP contribution in [-0.4, -0.2) is 11.9 Å². The SMILES string of the molecule is CC(=O)Nc1cccc(N)c1NC1CCC1. The average molecular weight is 219 g/mol. The van der Waals surface area contributed by atoms with Gasteiger partial charge in [0.15, 0.2) is 0 Å². The lowest BCUT2D eigenvalue weighted by Crippen LogP contribution is -2.28. The van der Waals surface area contributed by atoms with E-state index in [2.05, 4.69) is 10.6 Å². The van der Waals surface area contributed by atoms with Gasteiger partial charge in [0.2, 0.25) is 5.91 Å². The zero-order chi connectivity index (χ0) is 11.5. The van der Waals surface area contributed by atoms with Crippen LogP contribution in [-0.2, 0) is 4.79 Å². The molecule has 0 aromatic heterocycles. The van der Waals surface area contributed by atoms with Crippen molar-refractivity contribution in [1.82, 2.24) is 0 Å². The number of anilines is 3. The van der Waals surface area contributed by atoms with Crippen LogP contribution in [0.1, 0.15) is 26.2 Å². The van der Waals surface area contributed by atoms with Gasteiger partial charge in [-0.2, -0.15) is 0 Å². The Labute approximate surface area is 95.2 Å². The van der Waals surface area contributed by atoms with E-state index in [4.69, 9.17) is 5.73 Å². The van der Waals surface area contributed by atoms with E-state index in [1.165, 1.54) is 26.2 Å². The standard InChI is InChI=1S/C12H17N3O/c1-8(16)14-11-7-3-6-10(13)12(11)15-9-4-2-5-9/h3,6-7,9,15H,2,4-5,13H2,1H3,(H,14,16). The van der Waals surface area contributed by atoms with Gasteiger partial charge in [0, 0.05) is 13.0 Å². The number of benzene rings is 1. The summed E-state index contributed by atoms with van der Waals surface area (Å²) in [6, 6.07) is 6.04. The van der Waals surface area contributed by atoms with Gasteiger partial charge < -0.3 is 16.4 Å². The summed E-state index contributed by atoms with van der Waals surface area (Å²) in [4.78, 5) is 11.1. The lowest BCUT2D eigenvalue weighted by molar-refractivity contribution is -0.114.